The molecule has 1 aliphatic heterocycles. The largest absolute Gasteiger partial charge is 0.508 e. The molecule has 2 aromatic rings. The first-order chi connectivity index (χ1) is 10.6. The summed E-state index contributed by atoms with van der Waals surface area (Å²) in [7, 11) is 3.48. The Morgan fingerprint density at radius 2 is 2.09 bits per heavy atom. The number of carbonyl (C=O) groups is 1. The van der Waals surface area contributed by atoms with Crippen molar-refractivity contribution in [2.45, 2.75) is 0 Å². The highest BCUT2D eigenvalue weighted by Crippen LogP contribution is 2.30. The molecule has 0 atom stereocenters. The molecule has 22 heavy (non-hydrogen) atoms. The predicted molar refractivity (Wildman–Crippen MR) is 83.8 cm³/mol. The van der Waals surface area contributed by atoms with Crippen molar-refractivity contribution in [2.75, 3.05) is 37.0 Å². The lowest BCUT2D eigenvalue weighted by atomic mass is 10.2. The molecule has 0 spiro atoms. The Morgan fingerprint density at radius 1 is 1.27 bits per heavy atom. The van der Waals surface area contributed by atoms with Gasteiger partial charge in [0.1, 0.15) is 5.75 Å². The fraction of sp³-hybridized carbons (Fsp3) is 0.250. The topological polar surface area (TPSA) is 65.9 Å². The van der Waals surface area contributed by atoms with Crippen LogP contribution in [0.4, 0.5) is 11.4 Å². The highest BCUT2D eigenvalue weighted by atomic mass is 16.5. The van der Waals surface area contributed by atoms with Crippen LogP contribution in [0.1, 0.15) is 10.4 Å². The quantitative estimate of drug-likeness (QED) is 0.917. The molecule has 0 saturated carbocycles. The minimum Gasteiger partial charge on any atom is -0.508 e. The van der Waals surface area contributed by atoms with E-state index in [2.05, 4.69) is 4.98 Å². The van der Waals surface area contributed by atoms with E-state index >= 15 is 0 Å². The molecule has 2 heterocycles. The number of phenols is 1. The third-order valence-electron chi connectivity index (χ3n) is 3.75. The van der Waals surface area contributed by atoms with Gasteiger partial charge >= 0.3 is 0 Å². The van der Waals surface area contributed by atoms with E-state index in [4.69, 9.17) is 4.74 Å². The van der Waals surface area contributed by atoms with E-state index in [0.29, 0.717) is 30.2 Å². The zero-order valence-corrected chi connectivity index (χ0v) is 12.5. The summed E-state index contributed by atoms with van der Waals surface area (Å²) in [6.45, 7) is 1.19. The number of anilines is 2. The van der Waals surface area contributed by atoms with Gasteiger partial charge in [0.15, 0.2) is 0 Å². The lowest BCUT2D eigenvalue weighted by Gasteiger charge is -2.21. The number of carbonyl (C=O) groups excluding carboxylic acids is 1. The molecule has 1 aromatic carbocycles. The van der Waals surface area contributed by atoms with Crippen molar-refractivity contribution in [1.82, 2.24) is 4.98 Å². The number of rotatable bonds is 2. The second kappa shape index (κ2) is 5.55. The van der Waals surface area contributed by atoms with Crippen molar-refractivity contribution in [3.63, 3.8) is 0 Å². The molecule has 1 aromatic heterocycles. The number of amides is 1. The van der Waals surface area contributed by atoms with Crippen LogP contribution in [0, 0.1) is 0 Å². The first-order valence-corrected chi connectivity index (χ1v) is 6.96. The van der Waals surface area contributed by atoms with Crippen LogP contribution in [-0.2, 0) is 0 Å². The number of benzene rings is 1. The molecule has 1 N–H and O–H groups in total. The van der Waals surface area contributed by atoms with Crippen LogP contribution in [0.25, 0.3) is 0 Å². The Hall–Kier alpha value is -2.76. The molecule has 0 radical (unpaired) electrons. The Balaban J connectivity index is 2.05. The molecule has 114 valence electrons. The van der Waals surface area contributed by atoms with Gasteiger partial charge in [-0.05, 0) is 12.1 Å². The van der Waals surface area contributed by atoms with Gasteiger partial charge in [0.2, 0.25) is 5.88 Å². The van der Waals surface area contributed by atoms with Crippen molar-refractivity contribution in [3.8, 4) is 11.6 Å². The van der Waals surface area contributed by atoms with Gasteiger partial charge in [-0.2, -0.15) is 0 Å². The van der Waals surface area contributed by atoms with Crippen LogP contribution in [0.5, 0.6) is 11.6 Å². The third-order valence-corrected chi connectivity index (χ3v) is 3.75. The van der Waals surface area contributed by atoms with Crippen LogP contribution in [-0.4, -0.2) is 43.2 Å². The van der Waals surface area contributed by atoms with Crippen molar-refractivity contribution in [3.05, 3.63) is 42.1 Å². The summed E-state index contributed by atoms with van der Waals surface area (Å²) < 4.78 is 5.14. The summed E-state index contributed by atoms with van der Waals surface area (Å²) in [5, 5.41) is 9.64. The standard InChI is InChI=1S/C16H17N3O3/c1-18-6-7-19(11-4-3-5-12(20)8-11)16(21)13-10-17-15(22-2)9-14(13)18/h3-5,8-10,20H,6-7H2,1-2H3. The fourth-order valence-corrected chi connectivity index (χ4v) is 2.54. The van der Waals surface area contributed by atoms with Gasteiger partial charge in [-0.25, -0.2) is 4.98 Å². The highest BCUT2D eigenvalue weighted by molar-refractivity contribution is 6.10. The number of pyridine rings is 1. The molecule has 0 aliphatic carbocycles. The maximum Gasteiger partial charge on any atom is 0.262 e. The highest BCUT2D eigenvalue weighted by Gasteiger charge is 2.27. The van der Waals surface area contributed by atoms with Gasteiger partial charge in [0.25, 0.3) is 5.91 Å². The maximum absolute atomic E-state index is 12.8. The van der Waals surface area contributed by atoms with E-state index in [1.165, 1.54) is 6.20 Å². The summed E-state index contributed by atoms with van der Waals surface area (Å²) in [6.07, 6.45) is 1.54. The summed E-state index contributed by atoms with van der Waals surface area (Å²) in [4.78, 5) is 20.6. The van der Waals surface area contributed by atoms with Crippen LogP contribution in [0.15, 0.2) is 36.5 Å². The minimum atomic E-state index is -0.139. The molecular weight excluding hydrogens is 282 g/mol. The van der Waals surface area contributed by atoms with E-state index in [-0.39, 0.29) is 11.7 Å². The number of hydrogen-bond acceptors (Lipinski definition) is 5. The molecule has 0 unspecified atom stereocenters. The van der Waals surface area contributed by atoms with Gasteiger partial charge in [-0.1, -0.05) is 6.07 Å². The van der Waals surface area contributed by atoms with E-state index < -0.39 is 0 Å². The molecule has 3 rings (SSSR count). The lowest BCUT2D eigenvalue weighted by molar-refractivity contribution is 0.0990. The van der Waals surface area contributed by atoms with E-state index in [1.807, 2.05) is 11.9 Å². The monoisotopic (exact) mass is 299 g/mol. The number of nitrogens with zero attached hydrogens (tertiary/aromatic N) is 3. The van der Waals surface area contributed by atoms with Crippen LogP contribution >= 0.6 is 0 Å². The number of ether oxygens (including phenoxy) is 1. The van der Waals surface area contributed by atoms with Crippen molar-refractivity contribution in [2.24, 2.45) is 0 Å². The van der Waals surface area contributed by atoms with Crippen LogP contribution < -0.4 is 14.5 Å². The minimum absolute atomic E-state index is 0.135. The molecule has 1 amide bonds. The molecule has 0 fully saturated rings. The summed E-state index contributed by atoms with van der Waals surface area (Å²) >= 11 is 0. The Kier molecular flexibility index (Phi) is 3.58. The first-order valence-electron chi connectivity index (χ1n) is 6.96. The molecule has 1 aliphatic rings. The van der Waals surface area contributed by atoms with Crippen molar-refractivity contribution >= 4 is 17.3 Å². The Morgan fingerprint density at radius 3 is 2.82 bits per heavy atom. The second-order valence-electron chi connectivity index (χ2n) is 5.14. The number of methoxy groups -OCH3 is 1. The number of fused-ring (bicyclic) bond motifs is 1. The van der Waals surface area contributed by atoms with Gasteiger partial charge < -0.3 is 19.6 Å². The lowest BCUT2D eigenvalue weighted by Crippen LogP contribution is -2.33. The summed E-state index contributed by atoms with van der Waals surface area (Å²) in [5.74, 6) is 0.472. The average molecular weight is 299 g/mol. The smallest absolute Gasteiger partial charge is 0.262 e. The Bertz CT molecular complexity index is 718. The summed E-state index contributed by atoms with van der Waals surface area (Å²) in [5.41, 5.74) is 1.98. The first kappa shape index (κ1) is 14.2. The van der Waals surface area contributed by atoms with Crippen LogP contribution in [0.2, 0.25) is 0 Å². The number of phenolic OH excluding ortho intramolecular Hbond substituents is 1. The zero-order chi connectivity index (χ0) is 15.7. The molecular formula is C16H17N3O3. The Labute approximate surface area is 128 Å². The van der Waals surface area contributed by atoms with E-state index in [1.54, 1.807) is 42.3 Å². The maximum atomic E-state index is 12.8. The number of aromatic nitrogens is 1. The van der Waals surface area contributed by atoms with E-state index in [9.17, 15) is 9.90 Å². The number of likely N-dealkylation sites (N-methyl/N-ethyl adjacent to an activating group) is 1. The van der Waals surface area contributed by atoms with Crippen molar-refractivity contribution in [1.29, 1.82) is 0 Å². The molecule has 0 saturated heterocycles. The number of aromatic hydroxyl groups is 1. The predicted octanol–water partition coefficient (Wildman–Crippen LogP) is 1.89. The fourth-order valence-electron chi connectivity index (χ4n) is 2.54. The molecule has 0 bridgehead atoms. The van der Waals surface area contributed by atoms with Gasteiger partial charge in [-0.3, -0.25) is 4.79 Å². The number of hydrogen-bond donors (Lipinski definition) is 1. The van der Waals surface area contributed by atoms with Crippen LogP contribution in [0.3, 0.4) is 0 Å². The van der Waals surface area contributed by atoms with Crippen molar-refractivity contribution < 1.29 is 14.6 Å². The third kappa shape index (κ3) is 2.43. The normalized spacial score (nSPS) is 14.5. The average Bonchev–Trinajstić information content (AvgIpc) is 2.65. The zero-order valence-electron chi connectivity index (χ0n) is 12.5. The van der Waals surface area contributed by atoms with E-state index in [0.717, 1.165) is 5.69 Å². The summed E-state index contributed by atoms with van der Waals surface area (Å²) in [6, 6.07) is 8.45. The second-order valence-corrected chi connectivity index (χ2v) is 5.14. The SMILES string of the molecule is COc1cc2c(cn1)C(=O)N(c1cccc(O)c1)CCN2C. The van der Waals surface area contributed by atoms with Gasteiger partial charge in [-0.15, -0.1) is 0 Å². The van der Waals surface area contributed by atoms with Gasteiger partial charge in [0.05, 0.1) is 18.4 Å². The molecule has 6 nitrogen and oxygen atoms in total. The molecule has 6 heteroatoms. The van der Waals surface area contributed by atoms with Gasteiger partial charge in [0, 0.05) is 44.2 Å².